The molecule has 0 saturated heterocycles. The summed E-state index contributed by atoms with van der Waals surface area (Å²) in [5.74, 6) is 1.24. The van der Waals surface area contributed by atoms with Crippen LogP contribution in [0.4, 0.5) is 0 Å². The Balaban J connectivity index is 1.80. The lowest BCUT2D eigenvalue weighted by Gasteiger charge is -2.57. The molecule has 0 radical (unpaired) electrons. The van der Waals surface area contributed by atoms with Gasteiger partial charge in [0.1, 0.15) is 5.78 Å². The summed E-state index contributed by atoms with van der Waals surface area (Å²) < 4.78 is 0. The van der Waals surface area contributed by atoms with Crippen molar-refractivity contribution in [2.75, 3.05) is 0 Å². The van der Waals surface area contributed by atoms with E-state index in [1.54, 1.807) is 0 Å². The third-order valence-electron chi connectivity index (χ3n) is 7.89. The lowest BCUT2D eigenvalue weighted by atomic mass is 9.46. The normalized spacial score (nSPS) is 49.7. The van der Waals surface area contributed by atoms with Gasteiger partial charge in [0.2, 0.25) is 0 Å². The average Bonchev–Trinajstić information content (AvgIpc) is 2.78. The summed E-state index contributed by atoms with van der Waals surface area (Å²) in [6.45, 7) is 6.39. The standard InChI is InChI=1S/C20H28O3/c1-11-13-5-4-12-17-15(22)6-8-19(17,2)10-16(23)18(12)20(13,3)9-7-14(11)21/h12,15,17-18,22H,4-10H2,1-3H3/t12-,15?,17+,18-,19-,20-/m0/s1. The van der Waals surface area contributed by atoms with E-state index in [2.05, 4.69) is 13.8 Å². The maximum Gasteiger partial charge on any atom is 0.158 e. The van der Waals surface area contributed by atoms with Gasteiger partial charge in [-0.3, -0.25) is 9.59 Å². The predicted octanol–water partition coefficient (Wildman–Crippen LogP) is 3.45. The van der Waals surface area contributed by atoms with E-state index in [0.29, 0.717) is 24.5 Å². The number of allylic oxidation sites excluding steroid dienone is 1. The number of rotatable bonds is 0. The molecule has 0 aromatic heterocycles. The van der Waals surface area contributed by atoms with Crippen LogP contribution in [-0.2, 0) is 9.59 Å². The van der Waals surface area contributed by atoms with Crippen LogP contribution in [0, 0.1) is 28.6 Å². The highest BCUT2D eigenvalue weighted by atomic mass is 16.3. The lowest BCUT2D eigenvalue weighted by molar-refractivity contribution is -0.148. The molecule has 0 aromatic carbocycles. The van der Waals surface area contributed by atoms with Crippen LogP contribution < -0.4 is 0 Å². The monoisotopic (exact) mass is 316 g/mol. The highest BCUT2D eigenvalue weighted by molar-refractivity contribution is 5.97. The molecule has 0 bridgehead atoms. The first-order valence-corrected chi connectivity index (χ1v) is 9.22. The van der Waals surface area contributed by atoms with Crippen LogP contribution in [0.5, 0.6) is 0 Å². The van der Waals surface area contributed by atoms with Crippen LogP contribution in [-0.4, -0.2) is 22.8 Å². The fraction of sp³-hybridized carbons (Fsp3) is 0.800. The maximum absolute atomic E-state index is 13.1. The van der Waals surface area contributed by atoms with E-state index in [1.807, 2.05) is 6.92 Å². The van der Waals surface area contributed by atoms with Crippen molar-refractivity contribution in [3.8, 4) is 0 Å². The molecule has 4 aliphatic carbocycles. The molecule has 6 atom stereocenters. The van der Waals surface area contributed by atoms with Gasteiger partial charge in [0.25, 0.3) is 0 Å². The molecule has 1 N–H and O–H groups in total. The number of aliphatic hydroxyl groups excluding tert-OH is 1. The highest BCUT2D eigenvalue weighted by Crippen LogP contribution is 2.64. The Labute approximate surface area is 138 Å². The second kappa shape index (κ2) is 4.78. The van der Waals surface area contributed by atoms with Gasteiger partial charge >= 0.3 is 0 Å². The zero-order chi connectivity index (χ0) is 16.6. The van der Waals surface area contributed by atoms with Gasteiger partial charge < -0.3 is 5.11 Å². The van der Waals surface area contributed by atoms with E-state index in [-0.39, 0.29) is 34.6 Å². The van der Waals surface area contributed by atoms with Gasteiger partial charge in [-0.25, -0.2) is 0 Å². The smallest absolute Gasteiger partial charge is 0.158 e. The third kappa shape index (κ3) is 1.92. The van der Waals surface area contributed by atoms with Gasteiger partial charge in [0.15, 0.2) is 5.78 Å². The van der Waals surface area contributed by atoms with Crippen LogP contribution >= 0.6 is 0 Å². The van der Waals surface area contributed by atoms with Crippen molar-refractivity contribution >= 4 is 11.6 Å². The molecule has 126 valence electrons. The van der Waals surface area contributed by atoms with Crippen LogP contribution in [0.15, 0.2) is 11.1 Å². The van der Waals surface area contributed by atoms with Gasteiger partial charge in [-0.1, -0.05) is 19.4 Å². The van der Waals surface area contributed by atoms with Gasteiger partial charge in [-0.05, 0) is 67.3 Å². The van der Waals surface area contributed by atoms with Crippen molar-refractivity contribution < 1.29 is 14.7 Å². The number of carbonyl (C=O) groups is 2. The first kappa shape index (κ1) is 15.6. The van der Waals surface area contributed by atoms with Crippen LogP contribution in [0.3, 0.4) is 0 Å². The first-order valence-electron chi connectivity index (χ1n) is 9.22. The molecule has 0 amide bonds. The Morgan fingerprint density at radius 1 is 1.09 bits per heavy atom. The quantitative estimate of drug-likeness (QED) is 0.745. The van der Waals surface area contributed by atoms with E-state index in [9.17, 15) is 14.7 Å². The van der Waals surface area contributed by atoms with Crippen molar-refractivity contribution in [3.63, 3.8) is 0 Å². The number of ketones is 2. The third-order valence-corrected chi connectivity index (χ3v) is 7.89. The SMILES string of the molecule is CC1=C2CC[C@@H]3[C@@H](C(=O)C[C@]4(C)CCC(O)[C@@H]34)[C@@]2(C)CCC1=O. The zero-order valence-electron chi connectivity index (χ0n) is 14.5. The summed E-state index contributed by atoms with van der Waals surface area (Å²) in [6.07, 6.45) is 5.47. The molecule has 3 saturated carbocycles. The van der Waals surface area contributed by atoms with Crippen molar-refractivity contribution in [2.45, 2.75) is 71.8 Å². The molecule has 3 heteroatoms. The van der Waals surface area contributed by atoms with Crippen molar-refractivity contribution in [3.05, 3.63) is 11.1 Å². The number of hydrogen-bond acceptors (Lipinski definition) is 3. The molecular formula is C20H28O3. The van der Waals surface area contributed by atoms with E-state index >= 15 is 0 Å². The fourth-order valence-electron chi connectivity index (χ4n) is 6.86. The van der Waals surface area contributed by atoms with Gasteiger partial charge in [-0.15, -0.1) is 0 Å². The van der Waals surface area contributed by atoms with Crippen LogP contribution in [0.25, 0.3) is 0 Å². The van der Waals surface area contributed by atoms with E-state index < -0.39 is 0 Å². The van der Waals surface area contributed by atoms with E-state index in [0.717, 1.165) is 37.7 Å². The van der Waals surface area contributed by atoms with Crippen molar-refractivity contribution in [1.82, 2.24) is 0 Å². The summed E-state index contributed by atoms with van der Waals surface area (Å²) in [4.78, 5) is 25.3. The zero-order valence-corrected chi connectivity index (χ0v) is 14.5. The molecule has 3 nitrogen and oxygen atoms in total. The lowest BCUT2D eigenvalue weighted by Crippen LogP contribution is -2.55. The minimum absolute atomic E-state index is 0.00518. The minimum atomic E-state index is -0.249. The summed E-state index contributed by atoms with van der Waals surface area (Å²) in [7, 11) is 0. The molecule has 0 heterocycles. The molecule has 0 spiro atoms. The summed E-state index contributed by atoms with van der Waals surface area (Å²) in [6, 6.07) is 0. The Morgan fingerprint density at radius 2 is 1.83 bits per heavy atom. The van der Waals surface area contributed by atoms with Crippen LogP contribution in [0.1, 0.15) is 65.7 Å². The highest BCUT2D eigenvalue weighted by Gasteiger charge is 2.62. The molecular weight excluding hydrogens is 288 g/mol. The summed E-state index contributed by atoms with van der Waals surface area (Å²) >= 11 is 0. The van der Waals surface area contributed by atoms with E-state index in [1.165, 1.54) is 5.57 Å². The second-order valence-electron chi connectivity index (χ2n) is 9.05. The van der Waals surface area contributed by atoms with Gasteiger partial charge in [0, 0.05) is 18.8 Å². The Kier molecular flexibility index (Phi) is 3.23. The van der Waals surface area contributed by atoms with Crippen molar-refractivity contribution in [2.24, 2.45) is 28.6 Å². The Bertz CT molecular complexity index is 618. The molecule has 0 aliphatic heterocycles. The number of fused-ring (bicyclic) bond motifs is 5. The second-order valence-corrected chi connectivity index (χ2v) is 9.05. The molecule has 3 fully saturated rings. The summed E-state index contributed by atoms with van der Waals surface area (Å²) in [5, 5.41) is 10.6. The predicted molar refractivity (Wildman–Crippen MR) is 87.7 cm³/mol. The maximum atomic E-state index is 13.1. The van der Waals surface area contributed by atoms with Crippen molar-refractivity contribution in [1.29, 1.82) is 0 Å². The number of aliphatic hydroxyl groups is 1. The molecule has 4 aliphatic rings. The first-order chi connectivity index (χ1) is 10.8. The molecule has 1 unspecified atom stereocenters. The van der Waals surface area contributed by atoms with E-state index in [4.69, 9.17) is 0 Å². The molecule has 23 heavy (non-hydrogen) atoms. The molecule has 0 aromatic rings. The summed E-state index contributed by atoms with van der Waals surface area (Å²) in [5.41, 5.74) is 2.01. The molecule has 4 rings (SSSR count). The largest absolute Gasteiger partial charge is 0.393 e. The average molecular weight is 316 g/mol. The number of carbonyl (C=O) groups excluding carboxylic acids is 2. The Hall–Kier alpha value is -0.960. The topological polar surface area (TPSA) is 54.4 Å². The fourth-order valence-corrected chi connectivity index (χ4v) is 6.86. The van der Waals surface area contributed by atoms with Gasteiger partial charge in [-0.2, -0.15) is 0 Å². The number of hydrogen-bond donors (Lipinski definition) is 1. The number of Topliss-reactive ketones (excluding diaryl/α,β-unsaturated/α-hetero) is 2. The van der Waals surface area contributed by atoms with Gasteiger partial charge in [0.05, 0.1) is 6.10 Å². The Morgan fingerprint density at radius 3 is 2.57 bits per heavy atom. The van der Waals surface area contributed by atoms with Crippen LogP contribution in [0.2, 0.25) is 0 Å². The minimum Gasteiger partial charge on any atom is -0.393 e.